The predicted octanol–water partition coefficient (Wildman–Crippen LogP) is 2.22. The van der Waals surface area contributed by atoms with Gasteiger partial charge in [0.2, 0.25) is 0 Å². The maximum Gasteiger partial charge on any atom is 0.407 e. The smallest absolute Gasteiger partial charge is 0.407 e. The highest BCUT2D eigenvalue weighted by molar-refractivity contribution is 5.67. The number of nitriles is 1. The first-order valence-corrected chi connectivity index (χ1v) is 7.48. The number of ether oxygens (including phenoxy) is 1. The molecule has 25 heavy (non-hydrogen) atoms. The molecule has 0 saturated carbocycles. The molecule has 0 unspecified atom stereocenters. The number of nitrogen functional groups attached to an aromatic ring is 2. The van der Waals surface area contributed by atoms with Gasteiger partial charge in [0, 0.05) is 18.9 Å². The van der Waals surface area contributed by atoms with Crippen LogP contribution in [0.25, 0.3) is 0 Å². The van der Waals surface area contributed by atoms with E-state index in [1.165, 1.54) is 6.20 Å². The summed E-state index contributed by atoms with van der Waals surface area (Å²) in [6, 6.07) is 8.65. The minimum atomic E-state index is -0.483. The molecule has 0 fully saturated rings. The van der Waals surface area contributed by atoms with Crippen LogP contribution in [-0.4, -0.2) is 21.7 Å². The normalized spacial score (nSPS) is 10.0. The molecule has 0 saturated heterocycles. The lowest BCUT2D eigenvalue weighted by atomic mass is 10.2. The molecule has 0 bridgehead atoms. The third kappa shape index (κ3) is 8.76. The van der Waals surface area contributed by atoms with Crippen molar-refractivity contribution >= 4 is 17.7 Å². The predicted molar refractivity (Wildman–Crippen MR) is 95.1 cm³/mol. The molecule has 0 aliphatic rings. The number of nitrogens with zero attached hydrogens (tertiary/aromatic N) is 3. The summed E-state index contributed by atoms with van der Waals surface area (Å²) < 4.78 is 5.09. The van der Waals surface area contributed by atoms with Gasteiger partial charge in [-0.15, -0.1) is 0 Å². The zero-order chi connectivity index (χ0) is 18.9. The number of amides is 1. The van der Waals surface area contributed by atoms with Crippen molar-refractivity contribution in [2.24, 2.45) is 0 Å². The van der Waals surface area contributed by atoms with E-state index >= 15 is 0 Å². The largest absolute Gasteiger partial charge is 0.444 e. The van der Waals surface area contributed by atoms with Gasteiger partial charge in [-0.05, 0) is 44.5 Å². The minimum Gasteiger partial charge on any atom is -0.444 e. The van der Waals surface area contributed by atoms with Crippen molar-refractivity contribution in [1.82, 2.24) is 15.3 Å². The lowest BCUT2D eigenvalue weighted by molar-refractivity contribution is 0.0523. The van der Waals surface area contributed by atoms with Gasteiger partial charge in [-0.25, -0.2) is 14.8 Å². The SMILES string of the molecule is CC(C)(C)OC(=O)NCc1ccc(N)nc1.N#Cc1ccc(N)nc1. The third-order valence-electron chi connectivity index (χ3n) is 2.60. The molecule has 8 nitrogen and oxygen atoms in total. The highest BCUT2D eigenvalue weighted by atomic mass is 16.6. The third-order valence-corrected chi connectivity index (χ3v) is 2.60. The quantitative estimate of drug-likeness (QED) is 0.760. The van der Waals surface area contributed by atoms with Gasteiger partial charge in [-0.1, -0.05) is 6.07 Å². The Bertz CT molecular complexity index is 715. The van der Waals surface area contributed by atoms with Crippen LogP contribution in [0.1, 0.15) is 31.9 Å². The molecule has 0 atom stereocenters. The number of pyridine rings is 2. The monoisotopic (exact) mass is 342 g/mol. The van der Waals surface area contributed by atoms with Crippen LogP contribution in [0, 0.1) is 11.3 Å². The van der Waals surface area contributed by atoms with Crippen molar-refractivity contribution in [2.75, 3.05) is 11.5 Å². The van der Waals surface area contributed by atoms with E-state index in [0.717, 1.165) is 5.56 Å². The van der Waals surface area contributed by atoms with Gasteiger partial charge < -0.3 is 21.5 Å². The number of alkyl carbamates (subject to hydrolysis) is 1. The van der Waals surface area contributed by atoms with Crippen molar-refractivity contribution in [2.45, 2.75) is 32.9 Å². The molecule has 0 radical (unpaired) electrons. The maximum absolute atomic E-state index is 11.3. The van der Waals surface area contributed by atoms with E-state index in [-0.39, 0.29) is 0 Å². The summed E-state index contributed by atoms with van der Waals surface area (Å²) in [4.78, 5) is 18.9. The van der Waals surface area contributed by atoms with E-state index in [9.17, 15) is 4.79 Å². The van der Waals surface area contributed by atoms with Crippen LogP contribution in [0.2, 0.25) is 0 Å². The molecule has 0 aromatic carbocycles. The second-order valence-electron chi connectivity index (χ2n) is 6.03. The number of nitrogens with one attached hydrogen (secondary N) is 1. The zero-order valence-electron chi connectivity index (χ0n) is 14.5. The number of rotatable bonds is 2. The van der Waals surface area contributed by atoms with Crippen LogP contribution >= 0.6 is 0 Å². The molecule has 2 aromatic rings. The molecule has 5 N–H and O–H groups in total. The fourth-order valence-electron chi connectivity index (χ4n) is 1.50. The average molecular weight is 342 g/mol. The van der Waals surface area contributed by atoms with Crippen molar-refractivity contribution in [3.05, 3.63) is 47.8 Å². The van der Waals surface area contributed by atoms with Crippen molar-refractivity contribution in [3.8, 4) is 6.07 Å². The summed E-state index contributed by atoms with van der Waals surface area (Å²) in [6.07, 6.45) is 2.62. The molecule has 132 valence electrons. The molecule has 8 heteroatoms. The Kier molecular flexibility index (Phi) is 7.16. The van der Waals surface area contributed by atoms with Gasteiger partial charge in [0.1, 0.15) is 23.3 Å². The van der Waals surface area contributed by atoms with E-state index in [4.69, 9.17) is 21.5 Å². The first kappa shape index (κ1) is 19.7. The van der Waals surface area contributed by atoms with Gasteiger partial charge in [0.25, 0.3) is 0 Å². The first-order valence-electron chi connectivity index (χ1n) is 7.48. The zero-order valence-corrected chi connectivity index (χ0v) is 14.5. The molecule has 1 amide bonds. The number of carbonyl (C=O) groups excluding carboxylic acids is 1. The van der Waals surface area contributed by atoms with E-state index in [1.54, 1.807) is 30.5 Å². The summed E-state index contributed by atoms with van der Waals surface area (Å²) in [5.41, 5.74) is 11.6. The van der Waals surface area contributed by atoms with Gasteiger partial charge in [-0.3, -0.25) is 0 Å². The minimum absolute atomic E-state index is 0.377. The van der Waals surface area contributed by atoms with Gasteiger partial charge in [0.05, 0.1) is 5.56 Å². The van der Waals surface area contributed by atoms with E-state index in [2.05, 4.69) is 15.3 Å². The molecular weight excluding hydrogens is 320 g/mol. The number of carbonyl (C=O) groups is 1. The van der Waals surface area contributed by atoms with Crippen LogP contribution < -0.4 is 16.8 Å². The van der Waals surface area contributed by atoms with Crippen LogP contribution in [0.15, 0.2) is 36.7 Å². The van der Waals surface area contributed by atoms with Gasteiger partial charge >= 0.3 is 6.09 Å². The highest BCUT2D eigenvalue weighted by Crippen LogP contribution is 2.07. The van der Waals surface area contributed by atoms with Crippen LogP contribution in [-0.2, 0) is 11.3 Å². The Labute approximate surface area is 146 Å². The molecule has 2 rings (SSSR count). The Hall–Kier alpha value is -3.34. The highest BCUT2D eigenvalue weighted by Gasteiger charge is 2.15. The topological polar surface area (TPSA) is 140 Å². The molecular formula is C17H22N6O2. The molecule has 2 heterocycles. The number of anilines is 2. The Morgan fingerprint density at radius 3 is 2.20 bits per heavy atom. The van der Waals surface area contributed by atoms with E-state index < -0.39 is 11.7 Å². The molecule has 0 spiro atoms. The maximum atomic E-state index is 11.3. The summed E-state index contributed by atoms with van der Waals surface area (Å²) in [6.45, 7) is 5.83. The number of hydrogen-bond donors (Lipinski definition) is 3. The molecule has 2 aromatic heterocycles. The van der Waals surface area contributed by atoms with Gasteiger partial charge in [0.15, 0.2) is 0 Å². The van der Waals surface area contributed by atoms with Crippen molar-refractivity contribution < 1.29 is 9.53 Å². The Balaban J connectivity index is 0.000000293. The lowest BCUT2D eigenvalue weighted by Crippen LogP contribution is -2.32. The first-order chi connectivity index (χ1) is 11.7. The van der Waals surface area contributed by atoms with E-state index in [0.29, 0.717) is 23.7 Å². The second kappa shape index (κ2) is 9.08. The van der Waals surface area contributed by atoms with Crippen LogP contribution in [0.4, 0.5) is 16.4 Å². The van der Waals surface area contributed by atoms with Crippen LogP contribution in [0.3, 0.4) is 0 Å². The summed E-state index contributed by atoms with van der Waals surface area (Å²) in [7, 11) is 0. The number of aromatic nitrogens is 2. The van der Waals surface area contributed by atoms with Crippen molar-refractivity contribution in [1.29, 1.82) is 5.26 Å². The molecule has 0 aliphatic heterocycles. The van der Waals surface area contributed by atoms with Gasteiger partial charge in [-0.2, -0.15) is 5.26 Å². The fraction of sp³-hybridized carbons (Fsp3) is 0.294. The van der Waals surface area contributed by atoms with Crippen molar-refractivity contribution in [3.63, 3.8) is 0 Å². The summed E-state index contributed by atoms with van der Waals surface area (Å²) >= 11 is 0. The standard InChI is InChI=1S/C11H17N3O2.C6H5N3/c1-11(2,3)16-10(15)14-7-8-4-5-9(12)13-6-8;7-3-5-1-2-6(8)9-4-5/h4-6H,7H2,1-3H3,(H2,12,13)(H,14,15);1-2,4H,(H2,8,9). The Morgan fingerprint density at radius 2 is 1.76 bits per heavy atom. The molecule has 0 aliphatic carbocycles. The summed E-state index contributed by atoms with van der Waals surface area (Å²) in [5, 5.41) is 10.9. The number of hydrogen-bond acceptors (Lipinski definition) is 7. The van der Waals surface area contributed by atoms with E-state index in [1.807, 2.05) is 26.8 Å². The summed E-state index contributed by atoms with van der Waals surface area (Å²) in [5.74, 6) is 0.898. The average Bonchev–Trinajstić information content (AvgIpc) is 2.54. The second-order valence-corrected chi connectivity index (χ2v) is 6.03. The van der Waals surface area contributed by atoms with Crippen LogP contribution in [0.5, 0.6) is 0 Å². The Morgan fingerprint density at radius 1 is 1.16 bits per heavy atom. The number of nitrogens with two attached hydrogens (primary N) is 2. The fourth-order valence-corrected chi connectivity index (χ4v) is 1.50. The lowest BCUT2D eigenvalue weighted by Gasteiger charge is -2.19.